The molecule has 2 aromatic carbocycles. The summed E-state index contributed by atoms with van der Waals surface area (Å²) in [5.41, 5.74) is 1.28. The molecular formula is C19H24N2O2S2. The highest BCUT2D eigenvalue weighted by atomic mass is 32.2. The molecule has 1 fully saturated rings. The van der Waals surface area contributed by atoms with Gasteiger partial charge in [0.1, 0.15) is 0 Å². The van der Waals surface area contributed by atoms with Crippen molar-refractivity contribution < 1.29 is 8.42 Å². The molecule has 3 rings (SSSR count). The molecule has 0 unspecified atom stereocenters. The molecule has 0 aliphatic carbocycles. The van der Waals surface area contributed by atoms with E-state index < -0.39 is 10.0 Å². The predicted octanol–water partition coefficient (Wildman–Crippen LogP) is 3.09. The van der Waals surface area contributed by atoms with E-state index >= 15 is 0 Å². The van der Waals surface area contributed by atoms with Gasteiger partial charge in [0, 0.05) is 43.4 Å². The lowest BCUT2D eigenvalue weighted by Gasteiger charge is -2.33. The van der Waals surface area contributed by atoms with Gasteiger partial charge in [0.15, 0.2) is 0 Å². The number of aryl methyl sites for hydroxylation is 1. The Morgan fingerprint density at radius 1 is 0.920 bits per heavy atom. The van der Waals surface area contributed by atoms with E-state index in [0.717, 1.165) is 25.4 Å². The second-order valence-corrected chi connectivity index (χ2v) is 9.33. The van der Waals surface area contributed by atoms with E-state index in [1.54, 1.807) is 28.6 Å². The number of hydrogen-bond acceptors (Lipinski definition) is 4. The van der Waals surface area contributed by atoms with Gasteiger partial charge in [-0.15, -0.1) is 11.8 Å². The van der Waals surface area contributed by atoms with Crippen LogP contribution in [0.15, 0.2) is 64.4 Å². The Kier molecular flexibility index (Phi) is 6.17. The van der Waals surface area contributed by atoms with Crippen molar-refractivity contribution in [3.8, 4) is 0 Å². The third kappa shape index (κ3) is 4.85. The van der Waals surface area contributed by atoms with Gasteiger partial charge >= 0.3 is 0 Å². The topological polar surface area (TPSA) is 40.6 Å². The van der Waals surface area contributed by atoms with Crippen LogP contribution in [0.25, 0.3) is 0 Å². The maximum Gasteiger partial charge on any atom is 0.243 e. The van der Waals surface area contributed by atoms with Crippen molar-refractivity contribution in [2.45, 2.75) is 16.7 Å². The molecule has 0 spiro atoms. The molecule has 2 aromatic rings. The van der Waals surface area contributed by atoms with Crippen LogP contribution in [-0.4, -0.2) is 56.1 Å². The Balaban J connectivity index is 1.46. The maximum atomic E-state index is 12.6. The van der Waals surface area contributed by atoms with Crippen LogP contribution >= 0.6 is 11.8 Å². The molecule has 0 amide bonds. The smallest absolute Gasteiger partial charge is 0.243 e. The van der Waals surface area contributed by atoms with Crippen LogP contribution < -0.4 is 0 Å². The van der Waals surface area contributed by atoms with E-state index in [1.165, 1.54) is 10.5 Å². The molecule has 0 atom stereocenters. The van der Waals surface area contributed by atoms with Gasteiger partial charge in [-0.25, -0.2) is 8.42 Å². The molecule has 1 aliphatic heterocycles. The number of thioether (sulfide) groups is 1. The van der Waals surface area contributed by atoms with Gasteiger partial charge in [-0.3, -0.25) is 4.90 Å². The maximum absolute atomic E-state index is 12.6. The second kappa shape index (κ2) is 8.36. The van der Waals surface area contributed by atoms with Crippen LogP contribution in [0.3, 0.4) is 0 Å². The summed E-state index contributed by atoms with van der Waals surface area (Å²) in [5.74, 6) is 1.02. The normalized spacial score (nSPS) is 16.8. The minimum Gasteiger partial charge on any atom is -0.300 e. The van der Waals surface area contributed by atoms with Gasteiger partial charge < -0.3 is 0 Å². The minimum atomic E-state index is -3.35. The quantitative estimate of drug-likeness (QED) is 0.727. The lowest BCUT2D eigenvalue weighted by atomic mass is 10.2. The summed E-state index contributed by atoms with van der Waals surface area (Å²) >= 11 is 1.85. The fourth-order valence-electron chi connectivity index (χ4n) is 2.86. The summed E-state index contributed by atoms with van der Waals surface area (Å²) in [6.07, 6.45) is 0. The zero-order valence-corrected chi connectivity index (χ0v) is 16.1. The van der Waals surface area contributed by atoms with E-state index in [-0.39, 0.29) is 0 Å². The molecule has 0 radical (unpaired) electrons. The number of hydrogen-bond donors (Lipinski definition) is 0. The molecule has 4 nitrogen and oxygen atoms in total. The predicted molar refractivity (Wildman–Crippen MR) is 104 cm³/mol. The second-order valence-electron chi connectivity index (χ2n) is 6.22. The van der Waals surface area contributed by atoms with Crippen LogP contribution in [0.1, 0.15) is 5.56 Å². The minimum absolute atomic E-state index is 0.387. The van der Waals surface area contributed by atoms with Gasteiger partial charge in [0.05, 0.1) is 4.90 Å². The summed E-state index contributed by atoms with van der Waals surface area (Å²) in [7, 11) is -3.35. The zero-order chi connectivity index (χ0) is 17.7. The third-order valence-corrected chi connectivity index (χ3v) is 7.31. The standard InChI is InChI=1S/C19H24N2O2S2/c1-17-7-9-18(10-8-17)24-16-15-20-11-13-21(14-12-20)25(22,23)19-5-3-2-4-6-19/h2-10H,11-16H2,1H3. The van der Waals surface area contributed by atoms with Gasteiger partial charge in [-0.1, -0.05) is 35.9 Å². The average molecular weight is 377 g/mol. The van der Waals surface area contributed by atoms with Crippen LogP contribution in [-0.2, 0) is 10.0 Å². The van der Waals surface area contributed by atoms with Crippen molar-refractivity contribution in [3.63, 3.8) is 0 Å². The van der Waals surface area contributed by atoms with Crippen molar-refractivity contribution in [1.29, 1.82) is 0 Å². The molecule has 134 valence electrons. The van der Waals surface area contributed by atoms with E-state index in [2.05, 4.69) is 36.1 Å². The van der Waals surface area contributed by atoms with Crippen LogP contribution in [0.2, 0.25) is 0 Å². The molecule has 6 heteroatoms. The molecule has 25 heavy (non-hydrogen) atoms. The molecule has 1 aliphatic rings. The summed E-state index contributed by atoms with van der Waals surface area (Å²) in [6, 6.07) is 17.3. The fourth-order valence-corrected chi connectivity index (χ4v) is 5.22. The van der Waals surface area contributed by atoms with Crippen molar-refractivity contribution >= 4 is 21.8 Å². The molecule has 0 aromatic heterocycles. The molecular weight excluding hydrogens is 352 g/mol. The largest absolute Gasteiger partial charge is 0.300 e. The molecule has 0 saturated carbocycles. The van der Waals surface area contributed by atoms with Gasteiger partial charge in [-0.05, 0) is 31.2 Å². The Hall–Kier alpha value is -1.34. The summed E-state index contributed by atoms with van der Waals surface area (Å²) in [5, 5.41) is 0. The lowest BCUT2D eigenvalue weighted by Crippen LogP contribution is -2.49. The summed E-state index contributed by atoms with van der Waals surface area (Å²) in [6.45, 7) is 5.79. The molecule has 0 N–H and O–H groups in total. The van der Waals surface area contributed by atoms with Crippen molar-refractivity contribution in [3.05, 3.63) is 60.2 Å². The lowest BCUT2D eigenvalue weighted by molar-refractivity contribution is 0.197. The highest BCUT2D eigenvalue weighted by Gasteiger charge is 2.27. The van der Waals surface area contributed by atoms with Gasteiger partial charge in [0.25, 0.3) is 0 Å². The van der Waals surface area contributed by atoms with E-state index in [0.29, 0.717) is 18.0 Å². The SMILES string of the molecule is Cc1ccc(SCCN2CCN(S(=O)(=O)c3ccccc3)CC2)cc1. The number of nitrogens with zero attached hydrogens (tertiary/aromatic N) is 2. The molecule has 1 saturated heterocycles. The number of benzene rings is 2. The number of piperazine rings is 1. The first-order valence-electron chi connectivity index (χ1n) is 8.53. The van der Waals surface area contributed by atoms with E-state index in [9.17, 15) is 8.42 Å². The summed E-state index contributed by atoms with van der Waals surface area (Å²) < 4.78 is 26.9. The third-order valence-electron chi connectivity index (χ3n) is 4.41. The number of sulfonamides is 1. The monoisotopic (exact) mass is 376 g/mol. The van der Waals surface area contributed by atoms with Crippen molar-refractivity contribution in [1.82, 2.24) is 9.21 Å². The summed E-state index contributed by atoms with van der Waals surface area (Å²) in [4.78, 5) is 4.02. The van der Waals surface area contributed by atoms with Crippen LogP contribution in [0, 0.1) is 6.92 Å². The number of rotatable bonds is 6. The Morgan fingerprint density at radius 3 is 2.20 bits per heavy atom. The fraction of sp³-hybridized carbons (Fsp3) is 0.368. The highest BCUT2D eigenvalue weighted by molar-refractivity contribution is 7.99. The van der Waals surface area contributed by atoms with Crippen LogP contribution in [0.5, 0.6) is 0 Å². The van der Waals surface area contributed by atoms with Gasteiger partial charge in [-0.2, -0.15) is 4.31 Å². The van der Waals surface area contributed by atoms with Crippen molar-refractivity contribution in [2.24, 2.45) is 0 Å². The first-order chi connectivity index (χ1) is 12.1. The first kappa shape index (κ1) is 18.5. The van der Waals surface area contributed by atoms with Crippen LogP contribution in [0.4, 0.5) is 0 Å². The van der Waals surface area contributed by atoms with E-state index in [1.807, 2.05) is 17.8 Å². The Morgan fingerprint density at radius 2 is 1.56 bits per heavy atom. The average Bonchev–Trinajstić information content (AvgIpc) is 2.64. The highest BCUT2D eigenvalue weighted by Crippen LogP contribution is 2.20. The van der Waals surface area contributed by atoms with Gasteiger partial charge in [0.2, 0.25) is 10.0 Å². The van der Waals surface area contributed by atoms with Crippen molar-refractivity contribution in [2.75, 3.05) is 38.5 Å². The van der Waals surface area contributed by atoms with E-state index in [4.69, 9.17) is 0 Å². The first-order valence-corrected chi connectivity index (χ1v) is 11.0. The Bertz CT molecular complexity index is 769. The molecule has 1 heterocycles. The Labute approximate surface area is 154 Å². The molecule has 0 bridgehead atoms. The zero-order valence-electron chi connectivity index (χ0n) is 14.5.